The number of halogens is 2. The quantitative estimate of drug-likeness (QED) is 0.453. The van der Waals surface area contributed by atoms with Crippen LogP contribution in [0.25, 0.3) is 0 Å². The van der Waals surface area contributed by atoms with Gasteiger partial charge in [0.2, 0.25) is 10.0 Å². The molecular formula is C19H22F2N4O5S2. The van der Waals surface area contributed by atoms with Gasteiger partial charge in [0, 0.05) is 25.0 Å². The number of nitrogens with one attached hydrogen (secondary N) is 1. The maximum atomic E-state index is 13.3. The van der Waals surface area contributed by atoms with Gasteiger partial charge in [0.15, 0.2) is 5.13 Å². The zero-order valence-corrected chi connectivity index (χ0v) is 18.8. The number of hydrogen-bond acceptors (Lipinski definition) is 8. The molecule has 1 amide bonds. The van der Waals surface area contributed by atoms with E-state index < -0.39 is 45.7 Å². The van der Waals surface area contributed by atoms with Crippen LogP contribution in [-0.4, -0.2) is 61.6 Å². The Kier molecular flexibility index (Phi) is 8.62. The Morgan fingerprint density at radius 3 is 2.47 bits per heavy atom. The summed E-state index contributed by atoms with van der Waals surface area (Å²) in [5.41, 5.74) is 0.174. The number of sulfonamides is 1. The Hall–Kier alpha value is -2.66. The van der Waals surface area contributed by atoms with Crippen molar-refractivity contribution in [2.24, 2.45) is 5.92 Å². The van der Waals surface area contributed by atoms with Crippen molar-refractivity contribution in [3.8, 4) is 6.07 Å². The number of hydrogen-bond donors (Lipinski definition) is 3. The van der Waals surface area contributed by atoms with Gasteiger partial charge in [0.05, 0.1) is 30.5 Å². The smallest absolute Gasteiger partial charge is 0.270 e. The summed E-state index contributed by atoms with van der Waals surface area (Å²) < 4.78 is 50.6. The van der Waals surface area contributed by atoms with Gasteiger partial charge in [-0.15, -0.1) is 11.3 Å². The number of anilines is 1. The molecule has 13 heteroatoms. The van der Waals surface area contributed by atoms with Crippen molar-refractivity contribution in [1.29, 1.82) is 5.26 Å². The van der Waals surface area contributed by atoms with E-state index in [0.29, 0.717) is 6.07 Å². The number of aromatic nitrogens is 1. The predicted octanol–water partition coefficient (Wildman–Crippen LogP) is 1.04. The van der Waals surface area contributed by atoms with Crippen LogP contribution < -0.4 is 9.62 Å². The van der Waals surface area contributed by atoms with Crippen LogP contribution in [-0.2, 0) is 16.4 Å². The maximum Gasteiger partial charge on any atom is 0.270 e. The average molecular weight is 489 g/mol. The third-order valence-electron chi connectivity index (χ3n) is 4.52. The van der Waals surface area contributed by atoms with E-state index >= 15 is 0 Å². The van der Waals surface area contributed by atoms with Crippen LogP contribution >= 0.6 is 11.3 Å². The van der Waals surface area contributed by atoms with Crippen molar-refractivity contribution in [3.63, 3.8) is 0 Å². The van der Waals surface area contributed by atoms with Crippen LogP contribution in [0.1, 0.15) is 22.5 Å². The van der Waals surface area contributed by atoms with E-state index in [0.717, 1.165) is 34.0 Å². The summed E-state index contributed by atoms with van der Waals surface area (Å²) in [6.07, 6.45) is -2.04. The van der Waals surface area contributed by atoms with E-state index in [2.05, 4.69) is 10.3 Å². The molecule has 0 spiro atoms. The summed E-state index contributed by atoms with van der Waals surface area (Å²) in [7, 11) is -2.25. The molecule has 0 saturated heterocycles. The van der Waals surface area contributed by atoms with E-state index in [4.69, 9.17) is 0 Å². The van der Waals surface area contributed by atoms with Crippen molar-refractivity contribution in [1.82, 2.24) is 10.3 Å². The first-order chi connectivity index (χ1) is 14.9. The summed E-state index contributed by atoms with van der Waals surface area (Å²) in [6.45, 7) is -0.360. The van der Waals surface area contributed by atoms with E-state index in [1.54, 1.807) is 0 Å². The molecule has 3 atom stereocenters. The lowest BCUT2D eigenvalue weighted by molar-refractivity contribution is 0.00986. The minimum absolute atomic E-state index is 0.0310. The van der Waals surface area contributed by atoms with Crippen LogP contribution in [0.4, 0.5) is 13.9 Å². The van der Waals surface area contributed by atoms with E-state index in [1.807, 2.05) is 6.07 Å². The normalized spacial score (nSPS) is 14.3. The molecule has 3 N–H and O–H groups in total. The maximum absolute atomic E-state index is 13.3. The first kappa shape index (κ1) is 25.6. The molecule has 1 aromatic heterocycles. The largest absolute Gasteiger partial charge is 0.390 e. The molecule has 1 heterocycles. The highest BCUT2D eigenvalue weighted by Crippen LogP contribution is 2.21. The highest BCUT2D eigenvalue weighted by Gasteiger charge is 2.24. The molecule has 2 rings (SSSR count). The predicted molar refractivity (Wildman–Crippen MR) is 113 cm³/mol. The van der Waals surface area contributed by atoms with Crippen LogP contribution in [0.2, 0.25) is 0 Å². The fraction of sp³-hybridized carbons (Fsp3) is 0.421. The molecule has 1 aromatic carbocycles. The van der Waals surface area contributed by atoms with E-state index in [-0.39, 0.29) is 35.8 Å². The molecule has 2 aromatic rings. The second-order valence-electron chi connectivity index (χ2n) is 7.13. The standard InChI is InChI=1S/C19H22F2N4O5S2/c1-25(32(2,29)30)19-24-15(10-31-19)18(28)23-9-17(27)16(26)6-12(8-22)3-11-4-13(20)7-14(21)5-11/h4-5,7,10,12,16-17,26-27H,3,6,9H2,1-2H3,(H,23,28). The third-order valence-corrected chi connectivity index (χ3v) is 6.72. The summed E-state index contributed by atoms with van der Waals surface area (Å²) in [5.74, 6) is -3.09. The van der Waals surface area contributed by atoms with Gasteiger partial charge in [0.25, 0.3) is 5.91 Å². The molecule has 9 nitrogen and oxygen atoms in total. The number of benzene rings is 1. The Labute approximate surface area is 188 Å². The first-order valence-electron chi connectivity index (χ1n) is 9.29. The Bertz CT molecular complexity index is 1080. The summed E-state index contributed by atoms with van der Waals surface area (Å²) >= 11 is 0.941. The zero-order valence-electron chi connectivity index (χ0n) is 17.2. The second-order valence-corrected chi connectivity index (χ2v) is 9.98. The van der Waals surface area contributed by atoms with Gasteiger partial charge >= 0.3 is 0 Å². The lowest BCUT2D eigenvalue weighted by Gasteiger charge is -2.20. The molecule has 0 fully saturated rings. The molecule has 32 heavy (non-hydrogen) atoms. The number of thiazole rings is 1. The number of nitriles is 1. The fourth-order valence-electron chi connectivity index (χ4n) is 2.72. The van der Waals surface area contributed by atoms with Crippen molar-refractivity contribution in [3.05, 3.63) is 46.5 Å². The molecule has 0 radical (unpaired) electrons. The number of nitrogens with zero attached hydrogens (tertiary/aromatic N) is 3. The molecule has 3 unspecified atom stereocenters. The van der Waals surface area contributed by atoms with Gasteiger partial charge < -0.3 is 15.5 Å². The van der Waals surface area contributed by atoms with Crippen molar-refractivity contribution < 1.29 is 32.2 Å². The van der Waals surface area contributed by atoms with Crippen LogP contribution in [0.3, 0.4) is 0 Å². The SMILES string of the molecule is CN(c1nc(C(=O)NCC(O)C(O)CC(C#N)Cc2cc(F)cc(F)c2)cs1)S(C)(=O)=O. The van der Waals surface area contributed by atoms with Crippen LogP contribution in [0.5, 0.6) is 0 Å². The number of aliphatic hydroxyl groups excluding tert-OH is 2. The molecule has 0 aliphatic carbocycles. The molecular weight excluding hydrogens is 466 g/mol. The average Bonchev–Trinajstić information content (AvgIpc) is 3.19. The first-order valence-corrected chi connectivity index (χ1v) is 12.0. The van der Waals surface area contributed by atoms with E-state index in [9.17, 15) is 37.5 Å². The molecule has 0 aliphatic heterocycles. The van der Waals surface area contributed by atoms with Gasteiger partial charge in [-0.05, 0) is 30.5 Å². The van der Waals surface area contributed by atoms with Crippen molar-refractivity contribution in [2.75, 3.05) is 24.2 Å². The number of carbonyl (C=O) groups is 1. The zero-order chi connectivity index (χ0) is 24.1. The van der Waals surface area contributed by atoms with Gasteiger partial charge in [-0.2, -0.15) is 5.26 Å². The summed E-state index contributed by atoms with van der Waals surface area (Å²) in [4.78, 5) is 16.1. The summed E-state index contributed by atoms with van der Waals surface area (Å²) in [6, 6.07) is 4.80. The topological polar surface area (TPSA) is 144 Å². The van der Waals surface area contributed by atoms with Gasteiger partial charge in [0.1, 0.15) is 17.3 Å². The monoisotopic (exact) mass is 488 g/mol. The lowest BCUT2D eigenvalue weighted by Crippen LogP contribution is -2.40. The Balaban J connectivity index is 1.90. The van der Waals surface area contributed by atoms with Crippen LogP contribution in [0, 0.1) is 28.9 Å². The van der Waals surface area contributed by atoms with Crippen molar-refractivity contribution in [2.45, 2.75) is 25.0 Å². The Morgan fingerprint density at radius 2 is 1.91 bits per heavy atom. The Morgan fingerprint density at radius 1 is 1.28 bits per heavy atom. The number of aliphatic hydroxyl groups is 2. The van der Waals surface area contributed by atoms with Gasteiger partial charge in [-0.25, -0.2) is 26.5 Å². The fourth-order valence-corrected chi connectivity index (χ4v) is 4.26. The third kappa shape index (κ3) is 7.20. The van der Waals surface area contributed by atoms with Crippen LogP contribution in [0.15, 0.2) is 23.6 Å². The minimum atomic E-state index is -3.54. The second kappa shape index (κ2) is 10.8. The van der Waals surface area contributed by atoms with Crippen molar-refractivity contribution >= 4 is 32.4 Å². The molecule has 0 bridgehead atoms. The summed E-state index contributed by atoms with van der Waals surface area (Å²) in [5, 5.41) is 33.4. The van der Waals surface area contributed by atoms with Gasteiger partial charge in [-0.3, -0.25) is 4.79 Å². The molecule has 0 saturated carbocycles. The number of rotatable bonds is 10. The van der Waals surface area contributed by atoms with Gasteiger partial charge in [-0.1, -0.05) is 0 Å². The highest BCUT2D eigenvalue weighted by molar-refractivity contribution is 7.92. The number of amides is 1. The lowest BCUT2D eigenvalue weighted by atomic mass is 9.93. The number of carbonyl (C=O) groups excluding carboxylic acids is 1. The molecule has 0 aliphatic rings. The minimum Gasteiger partial charge on any atom is -0.390 e. The highest BCUT2D eigenvalue weighted by atomic mass is 32.2. The molecule has 174 valence electrons. The van der Waals surface area contributed by atoms with E-state index in [1.165, 1.54) is 12.4 Å².